The van der Waals surface area contributed by atoms with E-state index in [-0.39, 0.29) is 5.97 Å². The van der Waals surface area contributed by atoms with E-state index in [9.17, 15) is 4.79 Å². The van der Waals surface area contributed by atoms with Crippen LogP contribution in [0.1, 0.15) is 57.8 Å². The van der Waals surface area contributed by atoms with Crippen molar-refractivity contribution in [1.82, 2.24) is 10.2 Å². The fourth-order valence-corrected chi connectivity index (χ4v) is 4.26. The smallest absolute Gasteiger partial charge is 0.330 e. The number of aromatic nitrogens is 2. The van der Waals surface area contributed by atoms with Crippen LogP contribution in [0, 0.1) is 3.95 Å². The van der Waals surface area contributed by atoms with Gasteiger partial charge in [0.25, 0.3) is 0 Å². The minimum absolute atomic E-state index is 0.319. The van der Waals surface area contributed by atoms with Crippen LogP contribution in [0.15, 0.2) is 17.0 Å². The van der Waals surface area contributed by atoms with E-state index in [2.05, 4.69) is 16.8 Å². The van der Waals surface area contributed by atoms with Crippen molar-refractivity contribution in [3.05, 3.63) is 16.6 Å². The molecule has 4 nitrogen and oxygen atoms in total. The molecule has 0 radical (unpaired) electrons. The number of rotatable bonds is 14. The highest BCUT2D eigenvalue weighted by atomic mass is 32.2. The number of carbonyl (C=O) groups excluding carboxylic acids is 1. The second-order valence-corrected chi connectivity index (χ2v) is 8.29. The van der Waals surface area contributed by atoms with Gasteiger partial charge in [0.1, 0.15) is 0 Å². The van der Waals surface area contributed by atoms with Gasteiger partial charge in [-0.15, -0.1) is 0 Å². The fourth-order valence-electron chi connectivity index (χ4n) is 2.11. The van der Waals surface area contributed by atoms with Gasteiger partial charge in [0.2, 0.25) is 0 Å². The lowest BCUT2D eigenvalue weighted by atomic mass is 10.1. The van der Waals surface area contributed by atoms with Crippen molar-refractivity contribution >= 4 is 41.3 Å². The molecular weight excluding hydrogens is 348 g/mol. The molecule has 0 bridgehead atoms. The normalized spacial score (nSPS) is 10.6. The van der Waals surface area contributed by atoms with E-state index in [1.807, 2.05) is 0 Å². The quantitative estimate of drug-likeness (QED) is 0.152. The van der Waals surface area contributed by atoms with Gasteiger partial charge in [-0.25, -0.2) is 4.79 Å². The largest absolute Gasteiger partial charge is 0.463 e. The first-order chi connectivity index (χ1) is 11.2. The number of aromatic amines is 1. The number of H-pyrrole nitrogens is 1. The summed E-state index contributed by atoms with van der Waals surface area (Å²) in [7, 11) is 0. The second-order valence-electron chi connectivity index (χ2n) is 5.28. The number of nitrogens with zero attached hydrogens (tertiary/aromatic N) is 1. The van der Waals surface area contributed by atoms with Crippen molar-refractivity contribution in [3.8, 4) is 0 Å². The molecule has 0 aliphatic heterocycles. The van der Waals surface area contributed by atoms with Gasteiger partial charge in [0, 0.05) is 11.8 Å². The monoisotopic (exact) mass is 374 g/mol. The van der Waals surface area contributed by atoms with E-state index in [1.54, 1.807) is 23.1 Å². The molecule has 0 amide bonds. The fraction of sp³-hybridized carbons (Fsp3) is 0.688. The van der Waals surface area contributed by atoms with E-state index >= 15 is 0 Å². The molecule has 1 heterocycles. The van der Waals surface area contributed by atoms with E-state index in [0.717, 1.165) is 26.9 Å². The molecule has 0 aliphatic rings. The molecule has 7 heteroatoms. The summed E-state index contributed by atoms with van der Waals surface area (Å²) < 4.78 is 6.74. The molecule has 0 spiro atoms. The molecule has 0 fully saturated rings. The Morgan fingerprint density at radius 1 is 1.17 bits per heavy atom. The lowest BCUT2D eigenvalue weighted by Gasteiger charge is -2.03. The lowest BCUT2D eigenvalue weighted by Crippen LogP contribution is -2.01. The zero-order valence-corrected chi connectivity index (χ0v) is 16.0. The van der Waals surface area contributed by atoms with E-state index in [4.69, 9.17) is 17.0 Å². The van der Waals surface area contributed by atoms with Crippen molar-refractivity contribution in [1.29, 1.82) is 0 Å². The molecule has 23 heavy (non-hydrogen) atoms. The average Bonchev–Trinajstić information content (AvgIpc) is 2.97. The standard InChI is InChI=1S/C16H26N2O2S3/c1-2-14(19)20-12-10-8-6-4-3-5-7-9-11-13-22-16-18-17-15(21)23-16/h2H,1,3-13H2,(H,17,21). The predicted octanol–water partition coefficient (Wildman–Crippen LogP) is 5.53. The van der Waals surface area contributed by atoms with Crippen LogP contribution in [0.5, 0.6) is 0 Å². The summed E-state index contributed by atoms with van der Waals surface area (Å²) in [4.78, 5) is 10.8. The summed E-state index contributed by atoms with van der Waals surface area (Å²) in [5.41, 5.74) is 0. The Bertz CT molecular complexity index is 500. The molecule has 0 saturated heterocycles. The number of hydrogen-bond donors (Lipinski definition) is 1. The highest BCUT2D eigenvalue weighted by molar-refractivity contribution is 8.01. The number of ether oxygens (including phenoxy) is 1. The van der Waals surface area contributed by atoms with Crippen molar-refractivity contribution in [2.75, 3.05) is 12.4 Å². The van der Waals surface area contributed by atoms with Crippen molar-refractivity contribution in [2.24, 2.45) is 0 Å². The number of thioether (sulfide) groups is 1. The minimum Gasteiger partial charge on any atom is -0.463 e. The van der Waals surface area contributed by atoms with Gasteiger partial charge in [-0.05, 0) is 25.1 Å². The molecule has 1 rings (SSSR count). The molecule has 1 aromatic rings. The van der Waals surface area contributed by atoms with Crippen LogP contribution in [0.25, 0.3) is 0 Å². The molecule has 130 valence electrons. The van der Waals surface area contributed by atoms with Gasteiger partial charge < -0.3 is 4.74 Å². The molecule has 0 atom stereocenters. The van der Waals surface area contributed by atoms with Gasteiger partial charge in [0.15, 0.2) is 8.29 Å². The van der Waals surface area contributed by atoms with Crippen LogP contribution < -0.4 is 0 Å². The average molecular weight is 375 g/mol. The molecule has 0 saturated carbocycles. The van der Waals surface area contributed by atoms with Gasteiger partial charge in [-0.1, -0.05) is 74.6 Å². The minimum atomic E-state index is -0.319. The second kappa shape index (κ2) is 13.7. The van der Waals surface area contributed by atoms with Gasteiger partial charge in [-0.3, -0.25) is 5.10 Å². The molecule has 0 aliphatic carbocycles. The maximum atomic E-state index is 10.8. The Morgan fingerprint density at radius 2 is 1.78 bits per heavy atom. The van der Waals surface area contributed by atoms with Crippen LogP contribution in [0.2, 0.25) is 0 Å². The Morgan fingerprint density at radius 3 is 2.35 bits per heavy atom. The number of unbranched alkanes of at least 4 members (excludes halogenated alkanes) is 8. The predicted molar refractivity (Wildman–Crippen MR) is 101 cm³/mol. The third-order valence-corrected chi connectivity index (χ3v) is 5.66. The van der Waals surface area contributed by atoms with Crippen LogP contribution in [0.4, 0.5) is 0 Å². The Kier molecular flexibility index (Phi) is 12.2. The van der Waals surface area contributed by atoms with Crippen molar-refractivity contribution < 1.29 is 9.53 Å². The van der Waals surface area contributed by atoms with E-state index in [0.29, 0.717) is 6.61 Å². The van der Waals surface area contributed by atoms with Crippen LogP contribution in [0.3, 0.4) is 0 Å². The van der Waals surface area contributed by atoms with Gasteiger partial charge in [0.05, 0.1) is 6.61 Å². The highest BCUT2D eigenvalue weighted by Gasteiger charge is 1.99. The first kappa shape index (κ1) is 20.4. The third-order valence-electron chi connectivity index (χ3n) is 3.34. The van der Waals surface area contributed by atoms with Crippen molar-refractivity contribution in [2.45, 2.75) is 62.1 Å². The van der Waals surface area contributed by atoms with Crippen LogP contribution >= 0.6 is 35.3 Å². The van der Waals surface area contributed by atoms with E-state index < -0.39 is 0 Å². The third kappa shape index (κ3) is 11.5. The first-order valence-electron chi connectivity index (χ1n) is 8.20. The number of nitrogens with one attached hydrogen (secondary N) is 1. The summed E-state index contributed by atoms with van der Waals surface area (Å²) in [5, 5.41) is 6.94. The van der Waals surface area contributed by atoms with Crippen molar-refractivity contribution in [3.63, 3.8) is 0 Å². The van der Waals surface area contributed by atoms with Crippen LogP contribution in [-0.4, -0.2) is 28.5 Å². The first-order valence-corrected chi connectivity index (χ1v) is 10.4. The summed E-state index contributed by atoms with van der Waals surface area (Å²) in [5.74, 6) is 0.806. The lowest BCUT2D eigenvalue weighted by molar-refractivity contribution is -0.137. The SMILES string of the molecule is C=CC(=O)OCCCCCCCCCCCSc1n[nH]c(=S)s1. The Hall–Kier alpha value is -0.660. The highest BCUT2D eigenvalue weighted by Crippen LogP contribution is 2.22. The molecule has 1 aromatic heterocycles. The molecule has 0 aromatic carbocycles. The topological polar surface area (TPSA) is 55.0 Å². The maximum Gasteiger partial charge on any atom is 0.330 e. The number of esters is 1. The molecule has 1 N–H and O–H groups in total. The zero-order chi connectivity index (χ0) is 16.8. The van der Waals surface area contributed by atoms with Crippen LogP contribution in [-0.2, 0) is 9.53 Å². The molecule has 0 unspecified atom stereocenters. The van der Waals surface area contributed by atoms with E-state index in [1.165, 1.54) is 51.0 Å². The summed E-state index contributed by atoms with van der Waals surface area (Å²) in [6.07, 6.45) is 12.3. The van der Waals surface area contributed by atoms with Gasteiger partial charge in [-0.2, -0.15) is 5.10 Å². The molecular formula is C16H26N2O2S3. The maximum absolute atomic E-state index is 10.8. The number of hydrogen-bond acceptors (Lipinski definition) is 6. The number of carbonyl (C=O) groups is 1. The zero-order valence-electron chi connectivity index (χ0n) is 13.6. The Balaban J connectivity index is 1.77. The summed E-state index contributed by atoms with van der Waals surface area (Å²) >= 11 is 8.35. The Labute approximate surface area is 152 Å². The van der Waals surface area contributed by atoms with Gasteiger partial charge >= 0.3 is 5.97 Å². The summed E-state index contributed by atoms with van der Waals surface area (Å²) in [6.45, 7) is 3.89. The summed E-state index contributed by atoms with van der Waals surface area (Å²) in [6, 6.07) is 0.